The van der Waals surface area contributed by atoms with Crippen molar-refractivity contribution in [3.05, 3.63) is 16.0 Å². The molecule has 0 spiro atoms. The number of fused-ring (bicyclic) bond motifs is 1. The Morgan fingerprint density at radius 2 is 2.24 bits per heavy atom. The molecule has 0 atom stereocenters. The summed E-state index contributed by atoms with van der Waals surface area (Å²) in [4.78, 5) is 27.3. The molecule has 0 radical (unpaired) electrons. The number of carbonyl (C=O) groups is 2. The van der Waals surface area contributed by atoms with Gasteiger partial charge >= 0.3 is 5.97 Å². The van der Waals surface area contributed by atoms with Crippen LogP contribution in [0, 0.1) is 0 Å². The summed E-state index contributed by atoms with van der Waals surface area (Å²) in [5.41, 5.74) is 6.93. The lowest BCUT2D eigenvalue weighted by molar-refractivity contribution is -0.116. The summed E-state index contributed by atoms with van der Waals surface area (Å²) in [6.07, 6.45) is 1.04. The zero-order chi connectivity index (χ0) is 15.4. The molecule has 116 valence electrons. The average molecular weight is 311 g/mol. The Morgan fingerprint density at radius 3 is 2.90 bits per heavy atom. The van der Waals surface area contributed by atoms with Crippen molar-refractivity contribution in [2.75, 3.05) is 32.1 Å². The van der Waals surface area contributed by atoms with Crippen LogP contribution in [-0.2, 0) is 22.5 Å². The van der Waals surface area contributed by atoms with Gasteiger partial charge in [0, 0.05) is 30.9 Å². The number of amides is 1. The first kappa shape index (κ1) is 15.9. The lowest BCUT2D eigenvalue weighted by Gasteiger charge is -2.22. The van der Waals surface area contributed by atoms with E-state index in [-0.39, 0.29) is 24.8 Å². The van der Waals surface area contributed by atoms with Crippen LogP contribution in [0.15, 0.2) is 0 Å². The summed E-state index contributed by atoms with van der Waals surface area (Å²) in [7, 11) is 2.04. The first-order valence-corrected chi connectivity index (χ1v) is 7.88. The van der Waals surface area contributed by atoms with Crippen molar-refractivity contribution in [3.8, 4) is 0 Å². The number of rotatable bonds is 5. The zero-order valence-electron chi connectivity index (χ0n) is 12.4. The second-order valence-corrected chi connectivity index (χ2v) is 6.11. The quantitative estimate of drug-likeness (QED) is 0.798. The Morgan fingerprint density at radius 1 is 1.48 bits per heavy atom. The number of nitrogens with zero attached hydrogens (tertiary/aromatic N) is 1. The number of esters is 1. The van der Waals surface area contributed by atoms with Crippen LogP contribution >= 0.6 is 11.3 Å². The largest absolute Gasteiger partial charge is 0.462 e. The van der Waals surface area contributed by atoms with Gasteiger partial charge in [0.15, 0.2) is 0 Å². The summed E-state index contributed by atoms with van der Waals surface area (Å²) in [5.74, 6) is -0.530. The van der Waals surface area contributed by atoms with E-state index in [2.05, 4.69) is 10.2 Å². The van der Waals surface area contributed by atoms with Gasteiger partial charge in [-0.2, -0.15) is 0 Å². The molecule has 1 aromatic rings. The van der Waals surface area contributed by atoms with Crippen LogP contribution in [0.4, 0.5) is 5.00 Å². The number of hydrogen-bond acceptors (Lipinski definition) is 6. The molecule has 0 aromatic carbocycles. The summed E-state index contributed by atoms with van der Waals surface area (Å²) in [5, 5.41) is 3.39. The van der Waals surface area contributed by atoms with Crippen molar-refractivity contribution < 1.29 is 14.3 Å². The SMILES string of the molecule is CCOC(=O)c1c(NC(=O)CCN)sc2c1CCN(C)C2. The number of nitrogens with two attached hydrogens (primary N) is 1. The van der Waals surface area contributed by atoms with Crippen molar-refractivity contribution >= 4 is 28.2 Å². The minimum atomic E-state index is -0.359. The van der Waals surface area contributed by atoms with E-state index in [0.717, 1.165) is 30.0 Å². The zero-order valence-corrected chi connectivity index (χ0v) is 13.2. The fourth-order valence-corrected chi connectivity index (χ4v) is 3.69. The van der Waals surface area contributed by atoms with Crippen LogP contribution < -0.4 is 11.1 Å². The standard InChI is InChI=1S/C14H21N3O3S/c1-3-20-14(19)12-9-5-7-17(2)8-10(9)21-13(12)16-11(18)4-6-15/h3-8,15H2,1-2H3,(H,16,18). The van der Waals surface area contributed by atoms with E-state index in [1.165, 1.54) is 11.3 Å². The van der Waals surface area contributed by atoms with E-state index in [9.17, 15) is 9.59 Å². The van der Waals surface area contributed by atoms with Gasteiger partial charge < -0.3 is 20.7 Å². The van der Waals surface area contributed by atoms with E-state index in [1.807, 2.05) is 7.05 Å². The van der Waals surface area contributed by atoms with Crippen LogP contribution in [0.5, 0.6) is 0 Å². The highest BCUT2D eigenvalue weighted by Gasteiger charge is 2.28. The number of carbonyl (C=O) groups excluding carboxylic acids is 2. The molecule has 21 heavy (non-hydrogen) atoms. The lowest BCUT2D eigenvalue weighted by Crippen LogP contribution is -2.26. The Hall–Kier alpha value is -1.44. The van der Waals surface area contributed by atoms with Crippen LogP contribution in [0.25, 0.3) is 0 Å². The third-order valence-electron chi connectivity index (χ3n) is 3.35. The molecule has 1 aromatic heterocycles. The predicted octanol–water partition coefficient (Wildman–Crippen LogP) is 1.20. The van der Waals surface area contributed by atoms with E-state index in [4.69, 9.17) is 10.5 Å². The van der Waals surface area contributed by atoms with Crippen LogP contribution in [0.3, 0.4) is 0 Å². The van der Waals surface area contributed by atoms with Gasteiger partial charge in [0.05, 0.1) is 12.2 Å². The minimum absolute atomic E-state index is 0.171. The van der Waals surface area contributed by atoms with Crippen LogP contribution in [0.1, 0.15) is 34.1 Å². The first-order chi connectivity index (χ1) is 10.1. The maximum Gasteiger partial charge on any atom is 0.341 e. The summed E-state index contributed by atoms with van der Waals surface area (Å²) >= 11 is 1.46. The molecule has 1 aliphatic rings. The molecule has 0 fully saturated rings. The first-order valence-electron chi connectivity index (χ1n) is 7.06. The molecule has 0 saturated heterocycles. The molecular weight excluding hydrogens is 290 g/mol. The second kappa shape index (κ2) is 7.02. The van der Waals surface area contributed by atoms with Crippen molar-refractivity contribution in [1.29, 1.82) is 0 Å². The number of thiophene rings is 1. The third-order valence-corrected chi connectivity index (χ3v) is 4.48. The fraction of sp³-hybridized carbons (Fsp3) is 0.571. The lowest BCUT2D eigenvalue weighted by atomic mass is 10.0. The summed E-state index contributed by atoms with van der Waals surface area (Å²) < 4.78 is 5.14. The van der Waals surface area contributed by atoms with Gasteiger partial charge in [-0.25, -0.2) is 4.79 Å². The summed E-state index contributed by atoms with van der Waals surface area (Å²) in [6, 6.07) is 0. The molecular formula is C14H21N3O3S. The van der Waals surface area contributed by atoms with Crippen molar-refractivity contribution in [1.82, 2.24) is 4.90 Å². The highest BCUT2D eigenvalue weighted by Crippen LogP contribution is 2.37. The summed E-state index contributed by atoms with van der Waals surface area (Å²) in [6.45, 7) is 4.07. The Labute approximate surface area is 128 Å². The van der Waals surface area contributed by atoms with E-state index in [1.54, 1.807) is 6.92 Å². The van der Waals surface area contributed by atoms with Crippen LogP contribution in [0.2, 0.25) is 0 Å². The van der Waals surface area contributed by atoms with E-state index >= 15 is 0 Å². The van der Waals surface area contributed by atoms with Crippen molar-refractivity contribution in [3.63, 3.8) is 0 Å². The molecule has 0 bridgehead atoms. The van der Waals surface area contributed by atoms with Gasteiger partial charge in [-0.3, -0.25) is 4.79 Å². The molecule has 0 unspecified atom stereocenters. The smallest absolute Gasteiger partial charge is 0.341 e. The Balaban J connectivity index is 2.33. The third kappa shape index (κ3) is 3.61. The van der Waals surface area contributed by atoms with Gasteiger partial charge in [0.1, 0.15) is 5.00 Å². The number of likely N-dealkylation sites (N-methyl/N-ethyl adjacent to an activating group) is 1. The highest BCUT2D eigenvalue weighted by atomic mass is 32.1. The molecule has 1 aliphatic heterocycles. The molecule has 6 nitrogen and oxygen atoms in total. The molecule has 0 saturated carbocycles. The number of hydrogen-bond donors (Lipinski definition) is 2. The normalized spacial score (nSPS) is 14.6. The second-order valence-electron chi connectivity index (χ2n) is 5.00. The number of anilines is 1. The van der Waals surface area contributed by atoms with Gasteiger partial charge in [0.2, 0.25) is 5.91 Å². The average Bonchev–Trinajstić information content (AvgIpc) is 2.75. The number of ether oxygens (including phenoxy) is 1. The van der Waals surface area contributed by atoms with Gasteiger partial charge in [0.25, 0.3) is 0 Å². The minimum Gasteiger partial charge on any atom is -0.462 e. The Bertz CT molecular complexity index is 542. The molecule has 7 heteroatoms. The van der Waals surface area contributed by atoms with Crippen molar-refractivity contribution in [2.24, 2.45) is 5.73 Å². The Kier molecular flexibility index (Phi) is 5.33. The highest BCUT2D eigenvalue weighted by molar-refractivity contribution is 7.17. The van der Waals surface area contributed by atoms with Crippen LogP contribution in [-0.4, -0.2) is 43.5 Å². The topological polar surface area (TPSA) is 84.7 Å². The molecule has 1 amide bonds. The van der Waals surface area contributed by atoms with E-state index < -0.39 is 0 Å². The molecule has 2 heterocycles. The maximum absolute atomic E-state index is 12.2. The maximum atomic E-state index is 12.2. The van der Waals surface area contributed by atoms with Gasteiger partial charge in [-0.05, 0) is 26.0 Å². The van der Waals surface area contributed by atoms with Crippen molar-refractivity contribution in [2.45, 2.75) is 26.3 Å². The fourth-order valence-electron chi connectivity index (χ4n) is 2.36. The molecule has 0 aliphatic carbocycles. The monoisotopic (exact) mass is 311 g/mol. The predicted molar refractivity (Wildman–Crippen MR) is 82.6 cm³/mol. The number of nitrogens with one attached hydrogen (secondary N) is 1. The van der Waals surface area contributed by atoms with Gasteiger partial charge in [-0.1, -0.05) is 0 Å². The van der Waals surface area contributed by atoms with Gasteiger partial charge in [-0.15, -0.1) is 11.3 Å². The molecule has 2 rings (SSSR count). The molecule has 3 N–H and O–H groups in total. The van der Waals surface area contributed by atoms with E-state index in [0.29, 0.717) is 17.2 Å².